The number of nitrogens with one attached hydrogen (secondary N) is 1. The number of carbonyl (C=O) groups is 1. The Morgan fingerprint density at radius 1 is 0.696 bits per heavy atom. The summed E-state index contributed by atoms with van der Waals surface area (Å²) in [5.41, 5.74) is 10.7. The molecule has 4 aromatic carbocycles. The number of aromatic nitrogens is 2. The molecule has 1 aromatic heterocycles. The number of aromatic carboxylic acids is 1. The van der Waals surface area contributed by atoms with Gasteiger partial charge in [-0.2, -0.15) is 26.3 Å². The number of carboxylic acids is 1. The van der Waals surface area contributed by atoms with Gasteiger partial charge in [0, 0.05) is 95.3 Å². The van der Waals surface area contributed by atoms with Crippen LogP contribution in [-0.4, -0.2) is 116 Å². The van der Waals surface area contributed by atoms with Gasteiger partial charge >= 0.3 is 23.5 Å². The van der Waals surface area contributed by atoms with Crippen molar-refractivity contribution in [3.63, 3.8) is 0 Å². The number of carboxylic acid groups (broad SMARTS) is 1. The number of halogens is 9. The SMILES string of the molecule is CCN1CCN(Cc2ccc(-c3nc4ccc([N+](=O)[O-])cc4[nH]3)cc2C(F)(F)F)CC1.CCN1CCN(Cc2ccc(C(=O)O)cc2C(F)(F)F)CC1.Nc1ccc([N+](=O)[O-])cc1N.O=P(Cl)(Cl)Cl. The van der Waals surface area contributed by atoms with Gasteiger partial charge < -0.3 is 31.4 Å². The average Bonchev–Trinajstić information content (AvgIpc) is 3.71. The second-order valence-electron chi connectivity index (χ2n) is 15.5. The summed E-state index contributed by atoms with van der Waals surface area (Å²) in [6.45, 7) is 12.7. The molecule has 17 nitrogen and oxygen atoms in total. The molecule has 27 heteroatoms. The Morgan fingerprint density at radius 3 is 1.57 bits per heavy atom. The van der Waals surface area contributed by atoms with Gasteiger partial charge in [0.25, 0.3) is 11.4 Å². The summed E-state index contributed by atoms with van der Waals surface area (Å²) in [5.74, 6) is -1.11. The third-order valence-corrected chi connectivity index (χ3v) is 10.9. The van der Waals surface area contributed by atoms with Crippen LogP contribution >= 0.6 is 38.9 Å². The van der Waals surface area contributed by atoms with Gasteiger partial charge in [-0.1, -0.05) is 32.0 Å². The number of hydrogen-bond acceptors (Lipinski definition) is 13. The van der Waals surface area contributed by atoms with E-state index in [-0.39, 0.29) is 58.2 Å². The van der Waals surface area contributed by atoms with Crippen LogP contribution < -0.4 is 11.5 Å². The second kappa shape index (κ2) is 24.5. The number of nitrogens with zero attached hydrogens (tertiary/aromatic N) is 7. The van der Waals surface area contributed by atoms with Crippen LogP contribution in [0.1, 0.15) is 46.5 Å². The molecule has 0 radical (unpaired) electrons. The lowest BCUT2D eigenvalue weighted by atomic mass is 10.0. The smallest absolute Gasteiger partial charge is 0.416 e. The number of benzene rings is 4. The van der Waals surface area contributed by atoms with Crippen molar-refractivity contribution in [3.8, 4) is 11.4 Å². The fraction of sp³-hybridized carbons (Fsp3) is 0.381. The Balaban J connectivity index is 0.000000236. The Kier molecular flexibility index (Phi) is 20.0. The van der Waals surface area contributed by atoms with Crippen molar-refractivity contribution in [2.45, 2.75) is 39.3 Å². The molecule has 2 fully saturated rings. The van der Waals surface area contributed by atoms with Gasteiger partial charge in [0.2, 0.25) is 0 Å². The predicted octanol–water partition coefficient (Wildman–Crippen LogP) is 10.4. The van der Waals surface area contributed by atoms with E-state index in [1.54, 1.807) is 6.07 Å². The molecule has 3 heterocycles. The summed E-state index contributed by atoms with van der Waals surface area (Å²) in [4.78, 5) is 46.7. The summed E-state index contributed by atoms with van der Waals surface area (Å²) in [6.07, 6.45) is -9.05. The minimum atomic E-state index is -4.55. The molecule has 0 unspecified atom stereocenters. The van der Waals surface area contributed by atoms with Crippen molar-refractivity contribution in [2.75, 3.05) is 76.9 Å². The van der Waals surface area contributed by atoms with Gasteiger partial charge in [-0.15, -0.1) is 0 Å². The number of likely N-dealkylation sites (N-methyl/N-ethyl adjacent to an activating group) is 2. The molecule has 0 aliphatic carbocycles. The number of nitrogen functional groups attached to an aromatic ring is 2. The number of aromatic amines is 1. The molecule has 0 atom stereocenters. The molecule has 0 amide bonds. The Morgan fingerprint density at radius 2 is 1.13 bits per heavy atom. The fourth-order valence-electron chi connectivity index (χ4n) is 7.17. The predicted molar refractivity (Wildman–Crippen MR) is 253 cm³/mol. The first-order valence-electron chi connectivity index (χ1n) is 20.8. The quantitative estimate of drug-likeness (QED) is 0.0335. The van der Waals surface area contributed by atoms with E-state index in [0.29, 0.717) is 29.8 Å². The summed E-state index contributed by atoms with van der Waals surface area (Å²) in [5, 5.41) is 26.8. The van der Waals surface area contributed by atoms with Gasteiger partial charge in [0.15, 0.2) is 0 Å². The van der Waals surface area contributed by atoms with Crippen LogP contribution in [0.4, 0.5) is 49.1 Å². The molecule has 69 heavy (non-hydrogen) atoms. The summed E-state index contributed by atoms with van der Waals surface area (Å²) in [7, 11) is 0. The molecule has 7 rings (SSSR count). The normalized spacial score (nSPS) is 15.2. The van der Waals surface area contributed by atoms with Gasteiger partial charge in [0.05, 0.1) is 48.9 Å². The minimum Gasteiger partial charge on any atom is -0.478 e. The molecule has 2 aliphatic rings. The Labute approximate surface area is 405 Å². The van der Waals surface area contributed by atoms with Crippen molar-refractivity contribution < 1.29 is 50.7 Å². The van der Waals surface area contributed by atoms with Crippen LogP contribution in [0.3, 0.4) is 0 Å². The number of nitro groups is 2. The van der Waals surface area contributed by atoms with Gasteiger partial charge in [-0.25, -0.2) is 9.78 Å². The number of nitro benzene ring substituents is 2. The molecule has 376 valence electrons. The largest absolute Gasteiger partial charge is 0.478 e. The number of H-pyrrole nitrogens is 1. The van der Waals surface area contributed by atoms with Crippen LogP contribution in [-0.2, 0) is 30.0 Å². The third-order valence-electron chi connectivity index (χ3n) is 10.9. The second-order valence-corrected chi connectivity index (χ2v) is 22.1. The van der Waals surface area contributed by atoms with Crippen molar-refractivity contribution in [1.29, 1.82) is 0 Å². The maximum Gasteiger partial charge on any atom is 0.416 e. The molecule has 6 N–H and O–H groups in total. The molecule has 0 saturated carbocycles. The van der Waals surface area contributed by atoms with Gasteiger partial charge in [-0.3, -0.25) is 34.6 Å². The molecule has 5 aromatic rings. The molecule has 0 bridgehead atoms. The number of piperazine rings is 2. The van der Waals surface area contributed by atoms with Crippen LogP contribution in [0.2, 0.25) is 0 Å². The van der Waals surface area contributed by atoms with Crippen LogP contribution in [0, 0.1) is 20.2 Å². The van der Waals surface area contributed by atoms with E-state index in [1.807, 2.05) is 9.80 Å². The van der Waals surface area contributed by atoms with Crippen LogP contribution in [0.5, 0.6) is 0 Å². The number of imidazole rings is 1. The van der Waals surface area contributed by atoms with Crippen LogP contribution in [0.25, 0.3) is 22.4 Å². The lowest BCUT2D eigenvalue weighted by molar-refractivity contribution is -0.384. The number of alkyl halides is 6. The zero-order valence-corrected chi connectivity index (χ0v) is 40.1. The topological polar surface area (TPSA) is 234 Å². The highest BCUT2D eigenvalue weighted by Crippen LogP contribution is 2.61. The zero-order valence-electron chi connectivity index (χ0n) is 36.9. The third kappa shape index (κ3) is 17.6. The van der Waals surface area contributed by atoms with E-state index in [4.69, 9.17) is 16.6 Å². The average molecular weight is 1060 g/mol. The number of hydrogen-bond donors (Lipinski definition) is 4. The standard InChI is InChI=1S/C21H22F3N5O2.C15H19F3N2O2.C6H7N3O2.Cl3OP/c1-2-27-7-9-28(10-8-27)13-15-4-3-14(11-17(15)21(22,23)24)20-25-18-6-5-16(29(30)31)12-19(18)26-20;1-2-19-5-7-20(8-6-19)10-12-4-3-11(14(21)22)9-13(12)15(16,17)18;7-5-2-1-4(9(10)11)3-6(5)8;1-5(2,3)4/h3-6,11-12H,2,7-10,13H2,1H3,(H,25,26);3-4,9H,2,5-8,10H2,1H3,(H,21,22);1-3H,7-8H2;. The number of fused-ring (bicyclic) bond motifs is 1. The number of anilines is 2. The maximum atomic E-state index is 13.8. The molecular weight excluding hydrogens is 1010 g/mol. The highest BCUT2D eigenvalue weighted by molar-refractivity contribution is 8.24. The lowest BCUT2D eigenvalue weighted by Gasteiger charge is -2.34. The summed E-state index contributed by atoms with van der Waals surface area (Å²) in [6, 6.07) is 15.5. The lowest BCUT2D eigenvalue weighted by Crippen LogP contribution is -2.45. The zero-order chi connectivity index (χ0) is 51.4. The molecule has 2 aliphatic heterocycles. The molecule has 2 saturated heterocycles. The highest BCUT2D eigenvalue weighted by atomic mass is 36.0. The summed E-state index contributed by atoms with van der Waals surface area (Å²) < 4.78 is 90.4. The first-order chi connectivity index (χ1) is 32.2. The van der Waals surface area contributed by atoms with Crippen LogP contribution in [0.15, 0.2) is 72.8 Å². The number of non-ortho nitro benzene ring substituents is 2. The van der Waals surface area contributed by atoms with Gasteiger partial charge in [-0.05, 0) is 88.3 Å². The van der Waals surface area contributed by atoms with Gasteiger partial charge in [0.1, 0.15) is 5.82 Å². The van der Waals surface area contributed by atoms with Crippen molar-refractivity contribution in [3.05, 3.63) is 121 Å². The first-order valence-corrected chi connectivity index (χ1v) is 25.2. The van der Waals surface area contributed by atoms with E-state index < -0.39 is 44.5 Å². The van der Waals surface area contributed by atoms with E-state index in [9.17, 15) is 55.9 Å². The molecular formula is C42H48Cl3F6N10O7P. The summed E-state index contributed by atoms with van der Waals surface area (Å²) >= 11 is 13.8. The van der Waals surface area contributed by atoms with Crippen molar-refractivity contribution in [1.82, 2.24) is 29.6 Å². The maximum absolute atomic E-state index is 13.8. The number of nitrogens with two attached hydrogens (primary N) is 2. The molecule has 0 spiro atoms. The number of rotatable bonds is 10. The fourth-order valence-corrected chi connectivity index (χ4v) is 7.17. The Bertz CT molecular complexity index is 2620. The van der Waals surface area contributed by atoms with Crippen molar-refractivity contribution in [2.24, 2.45) is 0 Å². The van der Waals surface area contributed by atoms with E-state index in [2.05, 4.69) is 67.3 Å². The highest BCUT2D eigenvalue weighted by Gasteiger charge is 2.36. The van der Waals surface area contributed by atoms with E-state index >= 15 is 0 Å². The monoisotopic (exact) mass is 1050 g/mol. The van der Waals surface area contributed by atoms with E-state index in [1.165, 1.54) is 54.6 Å². The van der Waals surface area contributed by atoms with E-state index in [0.717, 1.165) is 64.5 Å². The minimum absolute atomic E-state index is 0.0447. The Hall–Kier alpha value is -5.26. The van der Waals surface area contributed by atoms with Crippen molar-refractivity contribution >= 4 is 78.7 Å². The first kappa shape index (κ1) is 56.3.